The van der Waals surface area contributed by atoms with Crippen molar-refractivity contribution in [3.05, 3.63) is 33.2 Å². The van der Waals surface area contributed by atoms with E-state index in [1.54, 1.807) is 4.90 Å². The van der Waals surface area contributed by atoms with Gasteiger partial charge in [0.1, 0.15) is 5.56 Å². The first-order chi connectivity index (χ1) is 10.1. The van der Waals surface area contributed by atoms with Crippen LogP contribution in [0.25, 0.3) is 0 Å². The Balaban J connectivity index is 1.69. The number of piperidine rings is 1. The first kappa shape index (κ1) is 14.6. The molecule has 0 unspecified atom stereocenters. The number of amides is 1. The number of aromatic amines is 1. The van der Waals surface area contributed by atoms with Gasteiger partial charge in [0.05, 0.1) is 5.02 Å². The number of nitrogens with one attached hydrogen (secondary N) is 1. The van der Waals surface area contributed by atoms with E-state index in [1.165, 1.54) is 31.5 Å². The average molecular weight is 310 g/mol. The summed E-state index contributed by atoms with van der Waals surface area (Å²) in [6, 6.07) is 1.89. The molecule has 3 rings (SSSR count). The summed E-state index contributed by atoms with van der Waals surface area (Å²) in [6.45, 7) is 3.69. The summed E-state index contributed by atoms with van der Waals surface area (Å²) in [5.74, 6) is -0.210. The standard InChI is InChI=1S/C15H20ClN3O2/c16-11-8-13(14(20)17-9-11)15(21)19-7-4-12(10-19)18-5-2-1-3-6-18/h8-9,12H,1-7,10H2,(H,17,20)/t12-/m0/s1. The van der Waals surface area contributed by atoms with Gasteiger partial charge in [-0.05, 0) is 38.4 Å². The Hall–Kier alpha value is -1.33. The van der Waals surface area contributed by atoms with Gasteiger partial charge in [0.2, 0.25) is 0 Å². The molecule has 21 heavy (non-hydrogen) atoms. The number of hydrogen-bond acceptors (Lipinski definition) is 3. The molecule has 1 amide bonds. The quantitative estimate of drug-likeness (QED) is 0.905. The summed E-state index contributed by atoms with van der Waals surface area (Å²) in [5, 5.41) is 0.379. The highest BCUT2D eigenvalue weighted by Crippen LogP contribution is 2.21. The molecule has 3 heterocycles. The molecule has 1 N–H and O–H groups in total. The highest BCUT2D eigenvalue weighted by molar-refractivity contribution is 6.30. The van der Waals surface area contributed by atoms with E-state index in [0.717, 1.165) is 19.5 Å². The first-order valence-electron chi connectivity index (χ1n) is 7.57. The molecule has 0 radical (unpaired) electrons. The molecular weight excluding hydrogens is 290 g/mol. The highest BCUT2D eigenvalue weighted by Gasteiger charge is 2.32. The maximum atomic E-state index is 12.5. The van der Waals surface area contributed by atoms with Crippen molar-refractivity contribution < 1.29 is 4.79 Å². The largest absolute Gasteiger partial charge is 0.337 e. The zero-order valence-electron chi connectivity index (χ0n) is 12.0. The third kappa shape index (κ3) is 3.14. The Morgan fingerprint density at radius 2 is 2.00 bits per heavy atom. The lowest BCUT2D eigenvalue weighted by atomic mass is 10.1. The van der Waals surface area contributed by atoms with Crippen LogP contribution < -0.4 is 5.56 Å². The molecule has 2 aliphatic rings. The van der Waals surface area contributed by atoms with Crippen LogP contribution in [-0.4, -0.2) is 52.9 Å². The molecule has 0 aromatic carbocycles. The molecule has 2 saturated heterocycles. The van der Waals surface area contributed by atoms with Crippen LogP contribution in [0.4, 0.5) is 0 Å². The zero-order chi connectivity index (χ0) is 14.8. The lowest BCUT2D eigenvalue weighted by molar-refractivity contribution is 0.0769. The fraction of sp³-hybridized carbons (Fsp3) is 0.600. The van der Waals surface area contributed by atoms with E-state index in [1.807, 2.05) is 0 Å². The van der Waals surface area contributed by atoms with Crippen LogP contribution in [0.15, 0.2) is 17.1 Å². The van der Waals surface area contributed by atoms with Crippen LogP contribution in [-0.2, 0) is 0 Å². The summed E-state index contributed by atoms with van der Waals surface area (Å²) < 4.78 is 0. The molecule has 5 nitrogen and oxygen atoms in total. The first-order valence-corrected chi connectivity index (χ1v) is 7.94. The van der Waals surface area contributed by atoms with Crippen LogP contribution >= 0.6 is 11.6 Å². The van der Waals surface area contributed by atoms with Crippen molar-refractivity contribution in [1.82, 2.24) is 14.8 Å². The van der Waals surface area contributed by atoms with E-state index in [0.29, 0.717) is 24.2 Å². The van der Waals surface area contributed by atoms with Gasteiger partial charge in [0.25, 0.3) is 11.5 Å². The van der Waals surface area contributed by atoms with Gasteiger partial charge in [-0.25, -0.2) is 0 Å². The normalized spacial score (nSPS) is 23.5. The topological polar surface area (TPSA) is 56.4 Å². The molecule has 0 bridgehead atoms. The molecule has 1 aromatic rings. The van der Waals surface area contributed by atoms with Crippen molar-refractivity contribution >= 4 is 17.5 Å². The number of H-pyrrole nitrogens is 1. The third-order valence-electron chi connectivity index (χ3n) is 4.46. The van der Waals surface area contributed by atoms with E-state index in [2.05, 4.69) is 9.88 Å². The second-order valence-electron chi connectivity index (χ2n) is 5.85. The molecule has 0 aliphatic carbocycles. The maximum Gasteiger partial charge on any atom is 0.260 e. The van der Waals surface area contributed by atoms with Crippen molar-refractivity contribution in [2.24, 2.45) is 0 Å². The number of nitrogens with zero attached hydrogens (tertiary/aromatic N) is 2. The number of pyridine rings is 1. The van der Waals surface area contributed by atoms with Crippen molar-refractivity contribution in [2.45, 2.75) is 31.7 Å². The SMILES string of the molecule is O=C(c1cc(Cl)c[nH]c1=O)N1CC[C@H](N2CCCCC2)C1. The number of likely N-dealkylation sites (tertiary alicyclic amines) is 2. The smallest absolute Gasteiger partial charge is 0.260 e. The average Bonchev–Trinajstić information content (AvgIpc) is 3.00. The molecule has 1 atom stereocenters. The van der Waals surface area contributed by atoms with Crippen LogP contribution in [0.3, 0.4) is 0 Å². The van der Waals surface area contributed by atoms with E-state index >= 15 is 0 Å². The van der Waals surface area contributed by atoms with E-state index in [4.69, 9.17) is 11.6 Å². The fourth-order valence-electron chi connectivity index (χ4n) is 3.29. The van der Waals surface area contributed by atoms with Crippen LogP contribution in [0.2, 0.25) is 5.02 Å². The number of carbonyl (C=O) groups is 1. The van der Waals surface area contributed by atoms with Gasteiger partial charge >= 0.3 is 0 Å². The summed E-state index contributed by atoms with van der Waals surface area (Å²) in [7, 11) is 0. The highest BCUT2D eigenvalue weighted by atomic mass is 35.5. The minimum Gasteiger partial charge on any atom is -0.337 e. The molecule has 114 valence electrons. The van der Waals surface area contributed by atoms with Gasteiger partial charge in [0, 0.05) is 25.3 Å². The number of rotatable bonds is 2. The van der Waals surface area contributed by atoms with Crippen molar-refractivity contribution in [3.8, 4) is 0 Å². The number of halogens is 1. The summed E-state index contributed by atoms with van der Waals surface area (Å²) in [5.41, 5.74) is -0.229. The maximum absolute atomic E-state index is 12.5. The Labute approximate surface area is 128 Å². The molecule has 2 aliphatic heterocycles. The molecule has 0 spiro atoms. The van der Waals surface area contributed by atoms with Crippen molar-refractivity contribution in [1.29, 1.82) is 0 Å². The third-order valence-corrected chi connectivity index (χ3v) is 4.67. The van der Waals surface area contributed by atoms with Gasteiger partial charge in [0.15, 0.2) is 0 Å². The number of hydrogen-bond donors (Lipinski definition) is 1. The Morgan fingerprint density at radius 3 is 2.76 bits per heavy atom. The minimum absolute atomic E-state index is 0.141. The lowest BCUT2D eigenvalue weighted by Crippen LogP contribution is -2.42. The van der Waals surface area contributed by atoms with Gasteiger partial charge in [-0.3, -0.25) is 14.5 Å². The summed E-state index contributed by atoms with van der Waals surface area (Å²) in [4.78, 5) is 31.0. The van der Waals surface area contributed by atoms with E-state index in [9.17, 15) is 9.59 Å². The molecule has 1 aromatic heterocycles. The second kappa shape index (κ2) is 6.20. The van der Waals surface area contributed by atoms with Crippen LogP contribution in [0.1, 0.15) is 36.0 Å². The van der Waals surface area contributed by atoms with Gasteiger partial charge in [-0.1, -0.05) is 18.0 Å². The van der Waals surface area contributed by atoms with Gasteiger partial charge < -0.3 is 9.88 Å². The number of aromatic nitrogens is 1. The monoisotopic (exact) mass is 309 g/mol. The Bertz CT molecular complexity index is 581. The van der Waals surface area contributed by atoms with Crippen molar-refractivity contribution in [2.75, 3.05) is 26.2 Å². The molecule has 2 fully saturated rings. The number of carbonyl (C=O) groups excluding carboxylic acids is 1. The predicted molar refractivity (Wildman–Crippen MR) is 81.8 cm³/mol. The van der Waals surface area contributed by atoms with Gasteiger partial charge in [-0.15, -0.1) is 0 Å². The molecule has 0 saturated carbocycles. The summed E-state index contributed by atoms with van der Waals surface area (Å²) in [6.07, 6.45) is 6.20. The fourth-order valence-corrected chi connectivity index (χ4v) is 3.46. The summed E-state index contributed by atoms with van der Waals surface area (Å²) >= 11 is 5.87. The molecular formula is C15H20ClN3O2. The Morgan fingerprint density at radius 1 is 1.24 bits per heavy atom. The zero-order valence-corrected chi connectivity index (χ0v) is 12.7. The van der Waals surface area contributed by atoms with E-state index < -0.39 is 0 Å². The van der Waals surface area contributed by atoms with Gasteiger partial charge in [-0.2, -0.15) is 0 Å². The van der Waals surface area contributed by atoms with Crippen LogP contribution in [0, 0.1) is 0 Å². The van der Waals surface area contributed by atoms with E-state index in [-0.39, 0.29) is 17.0 Å². The lowest BCUT2D eigenvalue weighted by Gasteiger charge is -2.32. The predicted octanol–water partition coefficient (Wildman–Crippen LogP) is 1.73. The molecule has 6 heteroatoms. The van der Waals surface area contributed by atoms with Crippen molar-refractivity contribution in [3.63, 3.8) is 0 Å². The Kier molecular flexibility index (Phi) is 4.31. The van der Waals surface area contributed by atoms with Crippen LogP contribution in [0.5, 0.6) is 0 Å². The second-order valence-corrected chi connectivity index (χ2v) is 6.29. The minimum atomic E-state index is -0.370.